The first-order valence-corrected chi connectivity index (χ1v) is 7.54. The van der Waals surface area contributed by atoms with Gasteiger partial charge in [-0.05, 0) is 39.5 Å². The summed E-state index contributed by atoms with van der Waals surface area (Å²) in [6.45, 7) is 9.06. The Hall–Kier alpha value is -1.26. The van der Waals surface area contributed by atoms with Crippen molar-refractivity contribution < 1.29 is 14.7 Å². The van der Waals surface area contributed by atoms with Crippen LogP contribution >= 0.6 is 0 Å². The molecule has 0 spiro atoms. The molecule has 0 unspecified atom stereocenters. The van der Waals surface area contributed by atoms with E-state index in [0.717, 1.165) is 25.9 Å². The molecule has 1 saturated heterocycles. The number of carboxylic acid groups (broad SMARTS) is 1. The fraction of sp³-hybridized carbons (Fsp3) is 0.867. The highest BCUT2D eigenvalue weighted by Gasteiger charge is 2.33. The monoisotopic (exact) mass is 284 g/mol. The van der Waals surface area contributed by atoms with Crippen LogP contribution in [0.1, 0.15) is 53.4 Å². The molecule has 0 saturated carbocycles. The number of hydrogen-bond acceptors (Lipinski definition) is 2. The molecule has 0 aromatic carbocycles. The molecule has 0 atom stereocenters. The maximum atomic E-state index is 12.5. The summed E-state index contributed by atoms with van der Waals surface area (Å²) in [5, 5.41) is 8.99. The minimum Gasteiger partial charge on any atom is -0.480 e. The predicted octanol–water partition coefficient (Wildman–Crippen LogP) is 2.80. The van der Waals surface area contributed by atoms with E-state index in [1.54, 1.807) is 4.90 Å². The van der Waals surface area contributed by atoms with Gasteiger partial charge in [0.1, 0.15) is 6.54 Å². The van der Waals surface area contributed by atoms with E-state index < -0.39 is 11.5 Å². The third-order valence-corrected chi connectivity index (χ3v) is 3.92. The van der Waals surface area contributed by atoms with Gasteiger partial charge >= 0.3 is 12.0 Å². The average molecular weight is 284 g/mol. The lowest BCUT2D eigenvalue weighted by Gasteiger charge is -2.40. The number of carbonyl (C=O) groups excluding carboxylic acids is 1. The Labute approximate surface area is 121 Å². The third-order valence-electron chi connectivity index (χ3n) is 3.92. The second-order valence-corrected chi connectivity index (χ2v) is 6.65. The van der Waals surface area contributed by atoms with Crippen LogP contribution < -0.4 is 0 Å². The second-order valence-electron chi connectivity index (χ2n) is 6.65. The first-order chi connectivity index (χ1) is 9.25. The molecule has 1 rings (SSSR count). The maximum absolute atomic E-state index is 12.5. The minimum absolute atomic E-state index is 0.144. The molecule has 20 heavy (non-hydrogen) atoms. The summed E-state index contributed by atoms with van der Waals surface area (Å²) in [5.41, 5.74) is -0.476. The Balaban J connectivity index is 2.65. The number of likely N-dealkylation sites (tertiary alicyclic amines) is 1. The average Bonchev–Trinajstić information content (AvgIpc) is 2.35. The fourth-order valence-corrected chi connectivity index (χ4v) is 2.72. The number of piperidine rings is 1. The van der Waals surface area contributed by atoms with Gasteiger partial charge in [0.25, 0.3) is 0 Å². The smallest absolute Gasteiger partial charge is 0.323 e. The number of carboxylic acids is 1. The molecule has 116 valence electrons. The molecular weight excluding hydrogens is 256 g/mol. The van der Waals surface area contributed by atoms with Crippen molar-refractivity contribution >= 4 is 12.0 Å². The lowest BCUT2D eigenvalue weighted by molar-refractivity contribution is -0.138. The standard InChI is InChI=1S/C15H28N2O3/c1-5-6-12-7-9-16(10-8-12)14(20)17(11-13(18)19)15(2,3)4/h12H,5-11H2,1-4H3,(H,18,19). The zero-order valence-electron chi connectivity index (χ0n) is 13.2. The first-order valence-electron chi connectivity index (χ1n) is 7.54. The molecule has 1 N–H and O–H groups in total. The van der Waals surface area contributed by atoms with Crippen LogP contribution in [0.2, 0.25) is 0 Å². The largest absolute Gasteiger partial charge is 0.480 e. The number of carbonyl (C=O) groups is 2. The van der Waals surface area contributed by atoms with Gasteiger partial charge in [-0.2, -0.15) is 0 Å². The van der Waals surface area contributed by atoms with Gasteiger partial charge in [0.15, 0.2) is 0 Å². The summed E-state index contributed by atoms with van der Waals surface area (Å²) < 4.78 is 0. The molecule has 1 heterocycles. The van der Waals surface area contributed by atoms with Crippen molar-refractivity contribution in [3.63, 3.8) is 0 Å². The van der Waals surface area contributed by atoms with Crippen molar-refractivity contribution in [3.8, 4) is 0 Å². The summed E-state index contributed by atoms with van der Waals surface area (Å²) in [4.78, 5) is 26.8. The van der Waals surface area contributed by atoms with Gasteiger partial charge in [-0.1, -0.05) is 19.8 Å². The highest BCUT2D eigenvalue weighted by Crippen LogP contribution is 2.24. The third kappa shape index (κ3) is 4.69. The van der Waals surface area contributed by atoms with Crippen LogP contribution in [0.15, 0.2) is 0 Å². The van der Waals surface area contributed by atoms with Crippen LogP contribution in [-0.4, -0.2) is 52.1 Å². The van der Waals surface area contributed by atoms with Gasteiger partial charge in [0.2, 0.25) is 0 Å². The van der Waals surface area contributed by atoms with Crippen molar-refractivity contribution in [1.29, 1.82) is 0 Å². The normalized spacial score (nSPS) is 17.1. The predicted molar refractivity (Wildman–Crippen MR) is 78.7 cm³/mol. The summed E-state index contributed by atoms with van der Waals surface area (Å²) in [6.07, 6.45) is 4.47. The van der Waals surface area contributed by atoms with Gasteiger partial charge in [0.05, 0.1) is 0 Å². The fourth-order valence-electron chi connectivity index (χ4n) is 2.72. The van der Waals surface area contributed by atoms with Gasteiger partial charge in [0, 0.05) is 18.6 Å². The SMILES string of the molecule is CCCC1CCN(C(=O)N(CC(=O)O)C(C)(C)C)CC1. The molecular formula is C15H28N2O3. The van der Waals surface area contributed by atoms with Crippen LogP contribution in [0, 0.1) is 5.92 Å². The molecule has 0 bridgehead atoms. The highest BCUT2D eigenvalue weighted by atomic mass is 16.4. The lowest BCUT2D eigenvalue weighted by Crippen LogP contribution is -2.55. The number of nitrogens with zero attached hydrogens (tertiary/aromatic N) is 2. The zero-order chi connectivity index (χ0) is 15.3. The Morgan fingerprint density at radius 1 is 1.25 bits per heavy atom. The molecule has 1 aliphatic heterocycles. The van der Waals surface area contributed by atoms with Crippen LogP contribution in [-0.2, 0) is 4.79 Å². The van der Waals surface area contributed by atoms with Crippen molar-refractivity contribution in [1.82, 2.24) is 9.80 Å². The molecule has 0 aromatic rings. The Morgan fingerprint density at radius 3 is 2.20 bits per heavy atom. The van der Waals surface area contributed by atoms with Crippen LogP contribution in [0.5, 0.6) is 0 Å². The van der Waals surface area contributed by atoms with Crippen molar-refractivity contribution in [2.45, 2.75) is 58.9 Å². The van der Waals surface area contributed by atoms with Crippen molar-refractivity contribution in [2.24, 2.45) is 5.92 Å². The Bertz CT molecular complexity index is 342. The number of hydrogen-bond donors (Lipinski definition) is 1. The van der Waals surface area contributed by atoms with E-state index in [9.17, 15) is 9.59 Å². The Morgan fingerprint density at radius 2 is 1.80 bits per heavy atom. The number of urea groups is 1. The van der Waals surface area contributed by atoms with E-state index in [0.29, 0.717) is 5.92 Å². The van der Waals surface area contributed by atoms with Gasteiger partial charge < -0.3 is 14.9 Å². The maximum Gasteiger partial charge on any atom is 0.323 e. The molecule has 0 aliphatic carbocycles. The Kier molecular flexibility index (Phi) is 5.84. The summed E-state index contributed by atoms with van der Waals surface area (Å²) >= 11 is 0. The quantitative estimate of drug-likeness (QED) is 0.863. The van der Waals surface area contributed by atoms with E-state index in [1.165, 1.54) is 17.7 Å². The van der Waals surface area contributed by atoms with Gasteiger partial charge in [-0.15, -0.1) is 0 Å². The molecule has 1 fully saturated rings. The minimum atomic E-state index is -0.964. The zero-order valence-corrected chi connectivity index (χ0v) is 13.2. The van der Waals surface area contributed by atoms with E-state index in [-0.39, 0.29) is 12.6 Å². The van der Waals surface area contributed by atoms with Crippen LogP contribution in [0.25, 0.3) is 0 Å². The lowest BCUT2D eigenvalue weighted by atomic mass is 9.92. The van der Waals surface area contributed by atoms with E-state index in [4.69, 9.17) is 5.11 Å². The summed E-state index contributed by atoms with van der Waals surface area (Å²) in [5.74, 6) is -0.249. The van der Waals surface area contributed by atoms with Gasteiger partial charge in [-0.3, -0.25) is 4.79 Å². The van der Waals surface area contributed by atoms with Gasteiger partial charge in [-0.25, -0.2) is 4.79 Å². The molecule has 0 radical (unpaired) electrons. The molecule has 0 aromatic heterocycles. The van der Waals surface area contributed by atoms with Crippen molar-refractivity contribution in [2.75, 3.05) is 19.6 Å². The summed E-state index contributed by atoms with van der Waals surface area (Å²) in [7, 11) is 0. The van der Waals surface area contributed by atoms with Crippen molar-refractivity contribution in [3.05, 3.63) is 0 Å². The van der Waals surface area contributed by atoms with Crippen LogP contribution in [0.3, 0.4) is 0 Å². The molecule has 5 nitrogen and oxygen atoms in total. The number of rotatable bonds is 4. The van der Waals surface area contributed by atoms with E-state index in [1.807, 2.05) is 20.8 Å². The summed E-state index contributed by atoms with van der Waals surface area (Å²) in [6, 6.07) is -0.144. The van der Waals surface area contributed by atoms with E-state index in [2.05, 4.69) is 6.92 Å². The van der Waals surface area contributed by atoms with Crippen LogP contribution in [0.4, 0.5) is 4.79 Å². The second kappa shape index (κ2) is 6.95. The molecule has 2 amide bonds. The number of aliphatic carboxylic acids is 1. The topological polar surface area (TPSA) is 60.9 Å². The first kappa shape index (κ1) is 16.8. The molecule has 5 heteroatoms. The van der Waals surface area contributed by atoms with E-state index >= 15 is 0 Å². The molecule has 1 aliphatic rings. The highest BCUT2D eigenvalue weighted by molar-refractivity contribution is 5.81. The number of amides is 2.